The minimum atomic E-state index is -3.70. The lowest BCUT2D eigenvalue weighted by Crippen LogP contribution is -2.34. The summed E-state index contributed by atoms with van der Waals surface area (Å²) in [5.41, 5.74) is 2.64. The van der Waals surface area contributed by atoms with Gasteiger partial charge in [0.05, 0.1) is 18.5 Å². The summed E-state index contributed by atoms with van der Waals surface area (Å²) >= 11 is 0. The van der Waals surface area contributed by atoms with E-state index in [0.29, 0.717) is 24.4 Å². The van der Waals surface area contributed by atoms with Crippen LogP contribution in [0.15, 0.2) is 17.2 Å². The fourth-order valence-corrected chi connectivity index (χ4v) is 5.03. The predicted molar refractivity (Wildman–Crippen MR) is 106 cm³/mol. The molecular formula is C19H24FN5O3S. The van der Waals surface area contributed by atoms with Gasteiger partial charge in [0.1, 0.15) is 10.7 Å². The Bertz CT molecular complexity index is 1080. The molecule has 2 aromatic rings. The summed E-state index contributed by atoms with van der Waals surface area (Å²) in [6.45, 7) is 4.75. The van der Waals surface area contributed by atoms with E-state index >= 15 is 0 Å². The van der Waals surface area contributed by atoms with Crippen LogP contribution in [0.1, 0.15) is 49.3 Å². The summed E-state index contributed by atoms with van der Waals surface area (Å²) < 4.78 is 45.0. The van der Waals surface area contributed by atoms with Crippen LogP contribution in [0.2, 0.25) is 0 Å². The highest BCUT2D eigenvalue weighted by Crippen LogP contribution is 2.37. The number of anilines is 1. The van der Waals surface area contributed by atoms with Crippen LogP contribution in [0, 0.1) is 10.6 Å². The van der Waals surface area contributed by atoms with Crippen molar-refractivity contribution in [1.29, 1.82) is 4.78 Å². The molecule has 2 aliphatic rings. The zero-order valence-corrected chi connectivity index (χ0v) is 17.2. The van der Waals surface area contributed by atoms with E-state index in [9.17, 15) is 13.4 Å². The average molecular weight is 421 g/mol. The van der Waals surface area contributed by atoms with Gasteiger partial charge in [-0.2, -0.15) is 5.10 Å². The number of hydrogen-bond donors (Lipinski definition) is 3. The number of urea groups is 1. The van der Waals surface area contributed by atoms with Crippen molar-refractivity contribution in [2.75, 3.05) is 11.9 Å². The number of aryl methyl sites for hydroxylation is 2. The van der Waals surface area contributed by atoms with Crippen molar-refractivity contribution in [3.8, 4) is 5.88 Å². The molecule has 0 spiro atoms. The highest BCUT2D eigenvalue weighted by atomic mass is 32.2. The molecular weight excluding hydrogens is 397 g/mol. The molecule has 0 fully saturated rings. The molecule has 4 rings (SSSR count). The van der Waals surface area contributed by atoms with Gasteiger partial charge in [-0.05, 0) is 42.4 Å². The SMILES string of the molecule is CC(C)c1c(F)cc2c(c1NC(=O)NS(=N)(=O)c1cnn3c1OCCC3)CCC2. The van der Waals surface area contributed by atoms with Gasteiger partial charge in [0.15, 0.2) is 9.92 Å². The monoisotopic (exact) mass is 421 g/mol. The van der Waals surface area contributed by atoms with E-state index in [4.69, 9.17) is 9.52 Å². The number of benzene rings is 1. The largest absolute Gasteiger partial charge is 0.477 e. The van der Waals surface area contributed by atoms with Crippen LogP contribution in [0.5, 0.6) is 5.88 Å². The van der Waals surface area contributed by atoms with Crippen molar-refractivity contribution in [3.05, 3.63) is 34.8 Å². The van der Waals surface area contributed by atoms with Gasteiger partial charge in [0.2, 0.25) is 5.88 Å². The van der Waals surface area contributed by atoms with Crippen LogP contribution in [0.3, 0.4) is 0 Å². The second-order valence-corrected chi connectivity index (χ2v) is 9.40. The van der Waals surface area contributed by atoms with Crippen molar-refractivity contribution < 1.29 is 18.1 Å². The van der Waals surface area contributed by atoms with Crippen LogP contribution in [-0.4, -0.2) is 26.6 Å². The molecule has 29 heavy (non-hydrogen) atoms. The number of carbonyl (C=O) groups is 1. The highest BCUT2D eigenvalue weighted by Gasteiger charge is 2.28. The molecule has 0 saturated heterocycles. The first-order valence-corrected chi connectivity index (χ1v) is 11.2. The summed E-state index contributed by atoms with van der Waals surface area (Å²) in [7, 11) is -3.70. The van der Waals surface area contributed by atoms with Gasteiger partial charge in [-0.3, -0.25) is 0 Å². The fraction of sp³-hybridized carbons (Fsp3) is 0.474. The Labute approximate surface area is 168 Å². The Morgan fingerprint density at radius 3 is 2.93 bits per heavy atom. The van der Waals surface area contributed by atoms with Gasteiger partial charge in [-0.1, -0.05) is 13.8 Å². The number of fused-ring (bicyclic) bond motifs is 2. The molecule has 1 aliphatic carbocycles. The van der Waals surface area contributed by atoms with Crippen molar-refractivity contribution in [2.45, 2.75) is 56.9 Å². The first-order chi connectivity index (χ1) is 13.8. The molecule has 1 aromatic carbocycles. The normalized spacial score (nSPS) is 17.2. The van der Waals surface area contributed by atoms with Crippen molar-refractivity contribution in [1.82, 2.24) is 14.5 Å². The number of amides is 2. The second-order valence-electron chi connectivity index (χ2n) is 7.64. The zero-order chi connectivity index (χ0) is 20.8. The van der Waals surface area contributed by atoms with Crippen molar-refractivity contribution in [3.63, 3.8) is 0 Å². The Kier molecular flexibility index (Phi) is 4.97. The lowest BCUT2D eigenvalue weighted by molar-refractivity contribution is 0.224. The summed E-state index contributed by atoms with van der Waals surface area (Å²) in [6.07, 6.45) is 4.45. The molecule has 3 N–H and O–H groups in total. The lowest BCUT2D eigenvalue weighted by atomic mass is 9.94. The van der Waals surface area contributed by atoms with Crippen LogP contribution in [-0.2, 0) is 29.3 Å². The highest BCUT2D eigenvalue weighted by molar-refractivity contribution is 7.91. The summed E-state index contributed by atoms with van der Waals surface area (Å²) in [5, 5.41) is 6.76. The van der Waals surface area contributed by atoms with Gasteiger partial charge < -0.3 is 10.1 Å². The molecule has 2 heterocycles. The molecule has 10 heteroatoms. The summed E-state index contributed by atoms with van der Waals surface area (Å²) in [4.78, 5) is 12.7. The molecule has 0 bridgehead atoms. The molecule has 2 amide bonds. The Morgan fingerprint density at radius 2 is 2.17 bits per heavy atom. The third-order valence-corrected chi connectivity index (χ3v) is 6.64. The molecule has 1 aromatic heterocycles. The number of nitrogens with one attached hydrogen (secondary N) is 3. The second kappa shape index (κ2) is 7.33. The summed E-state index contributed by atoms with van der Waals surface area (Å²) in [6, 6.07) is 0.729. The minimum Gasteiger partial charge on any atom is -0.477 e. The van der Waals surface area contributed by atoms with E-state index in [-0.39, 0.29) is 22.5 Å². The lowest BCUT2D eigenvalue weighted by Gasteiger charge is -2.20. The number of nitrogens with zero attached hydrogens (tertiary/aromatic N) is 2. The maximum atomic E-state index is 14.7. The Morgan fingerprint density at radius 1 is 1.38 bits per heavy atom. The van der Waals surface area contributed by atoms with E-state index in [1.165, 1.54) is 10.9 Å². The maximum Gasteiger partial charge on any atom is 0.331 e. The quantitative estimate of drug-likeness (QED) is 0.701. The van der Waals surface area contributed by atoms with Crippen LogP contribution in [0.4, 0.5) is 14.9 Å². The standard InChI is InChI=1S/C19H24FN5O3S/c1-11(2)16-14(20)9-12-5-3-6-13(12)17(16)23-19(26)24-29(21,27)15-10-22-25-7-4-8-28-18(15)25/h9-11H,3-8H2,1-2H3,(H3,21,23,24,26,27). The zero-order valence-electron chi connectivity index (χ0n) is 16.4. The number of carbonyl (C=O) groups excluding carboxylic acids is 1. The summed E-state index contributed by atoms with van der Waals surface area (Å²) in [5.74, 6) is -0.264. The number of ether oxygens (including phenoxy) is 1. The molecule has 1 aliphatic heterocycles. The van der Waals surface area contributed by atoms with Crippen LogP contribution < -0.4 is 14.8 Å². The van der Waals surface area contributed by atoms with E-state index in [1.807, 2.05) is 13.8 Å². The number of aromatic nitrogens is 2. The minimum absolute atomic E-state index is 0.0286. The predicted octanol–water partition coefficient (Wildman–Crippen LogP) is 3.56. The maximum absolute atomic E-state index is 14.7. The van der Waals surface area contributed by atoms with E-state index in [2.05, 4.69) is 15.1 Å². The molecule has 0 radical (unpaired) electrons. The number of hydrogen-bond acceptors (Lipinski definition) is 5. The van der Waals surface area contributed by atoms with Crippen LogP contribution in [0.25, 0.3) is 0 Å². The van der Waals surface area contributed by atoms with E-state index < -0.39 is 15.9 Å². The number of halogens is 1. The van der Waals surface area contributed by atoms with Gasteiger partial charge in [0, 0.05) is 18.5 Å². The smallest absolute Gasteiger partial charge is 0.331 e. The number of rotatable bonds is 4. The average Bonchev–Trinajstić information content (AvgIpc) is 3.27. The topological polar surface area (TPSA) is 109 Å². The first-order valence-electron chi connectivity index (χ1n) is 9.68. The molecule has 1 unspecified atom stereocenters. The van der Waals surface area contributed by atoms with Gasteiger partial charge in [0.25, 0.3) is 0 Å². The van der Waals surface area contributed by atoms with Gasteiger partial charge in [-0.15, -0.1) is 0 Å². The third kappa shape index (κ3) is 3.57. The third-order valence-electron chi connectivity index (χ3n) is 5.26. The molecule has 0 saturated carbocycles. The van der Waals surface area contributed by atoms with Crippen LogP contribution >= 0.6 is 0 Å². The Hall–Kier alpha value is -2.62. The molecule has 156 valence electrons. The molecule has 8 nitrogen and oxygen atoms in total. The molecule has 1 atom stereocenters. The fourth-order valence-electron chi connectivity index (χ4n) is 4.00. The van der Waals surface area contributed by atoms with Gasteiger partial charge in [-0.25, -0.2) is 27.6 Å². The van der Waals surface area contributed by atoms with Crippen molar-refractivity contribution >= 4 is 21.6 Å². The van der Waals surface area contributed by atoms with E-state index in [1.54, 1.807) is 6.07 Å². The van der Waals surface area contributed by atoms with Gasteiger partial charge >= 0.3 is 6.03 Å². The van der Waals surface area contributed by atoms with Crippen molar-refractivity contribution in [2.24, 2.45) is 0 Å². The first kappa shape index (κ1) is 19.7. The Balaban J connectivity index is 1.62. The van der Waals surface area contributed by atoms with E-state index in [0.717, 1.165) is 36.8 Å².